The quantitative estimate of drug-likeness (QED) is 0.835. The van der Waals surface area contributed by atoms with E-state index >= 15 is 0 Å². The lowest BCUT2D eigenvalue weighted by Gasteiger charge is -2.33. The lowest BCUT2D eigenvalue weighted by atomic mass is 10.0. The summed E-state index contributed by atoms with van der Waals surface area (Å²) in [6, 6.07) is 11.1. The van der Waals surface area contributed by atoms with Gasteiger partial charge in [-0.25, -0.2) is 0 Å². The molecule has 1 fully saturated rings. The first-order chi connectivity index (χ1) is 12.6. The van der Waals surface area contributed by atoms with Crippen LogP contribution < -0.4 is 10.6 Å². The molecule has 1 aliphatic rings. The van der Waals surface area contributed by atoms with E-state index in [1.54, 1.807) is 18.4 Å². The lowest BCUT2D eigenvalue weighted by molar-refractivity contribution is -0.132. The van der Waals surface area contributed by atoms with Crippen LogP contribution in [0.5, 0.6) is 0 Å². The smallest absolute Gasteiger partial charge is 0.253 e. The van der Waals surface area contributed by atoms with Gasteiger partial charge in [-0.05, 0) is 50.5 Å². The van der Waals surface area contributed by atoms with Gasteiger partial charge < -0.3 is 20.0 Å². The Morgan fingerprint density at radius 3 is 2.81 bits per heavy atom. The molecule has 1 atom stereocenters. The summed E-state index contributed by atoms with van der Waals surface area (Å²) in [6.07, 6.45) is 4.86. The molecule has 2 N–H and O–H groups in total. The molecule has 138 valence electrons. The van der Waals surface area contributed by atoms with E-state index in [1.165, 1.54) is 6.42 Å². The molecule has 1 aromatic carbocycles. The number of carbonyl (C=O) groups excluding carboxylic acids is 2. The minimum Gasteiger partial charge on any atom is -0.467 e. The van der Waals surface area contributed by atoms with Crippen molar-refractivity contribution in [2.45, 2.75) is 38.8 Å². The maximum atomic E-state index is 12.5. The van der Waals surface area contributed by atoms with E-state index in [0.717, 1.165) is 19.4 Å². The van der Waals surface area contributed by atoms with Crippen LogP contribution in [-0.2, 0) is 11.3 Å². The second kappa shape index (κ2) is 8.56. The molecule has 3 rings (SSSR count). The Balaban J connectivity index is 1.59. The van der Waals surface area contributed by atoms with Gasteiger partial charge in [0.1, 0.15) is 5.76 Å². The molecule has 1 aliphatic heterocycles. The zero-order chi connectivity index (χ0) is 18.4. The van der Waals surface area contributed by atoms with Crippen molar-refractivity contribution in [2.24, 2.45) is 0 Å². The average Bonchev–Trinajstić information content (AvgIpc) is 3.18. The molecule has 2 amide bonds. The molecule has 2 aromatic rings. The SMILES string of the molecule is CC1CCCCN1C(=O)CNc1ccccc1C(=O)NCc1ccco1. The Kier molecular flexibility index (Phi) is 5.94. The number of hydrogen-bond donors (Lipinski definition) is 2. The third-order valence-electron chi connectivity index (χ3n) is 4.73. The van der Waals surface area contributed by atoms with Gasteiger partial charge in [0.05, 0.1) is 24.9 Å². The van der Waals surface area contributed by atoms with Gasteiger partial charge in [-0.2, -0.15) is 0 Å². The maximum absolute atomic E-state index is 12.5. The molecule has 0 saturated carbocycles. The highest BCUT2D eigenvalue weighted by atomic mass is 16.3. The highest BCUT2D eigenvalue weighted by molar-refractivity contribution is 6.00. The number of piperidine rings is 1. The summed E-state index contributed by atoms with van der Waals surface area (Å²) in [5, 5.41) is 5.96. The van der Waals surface area contributed by atoms with E-state index in [2.05, 4.69) is 17.6 Å². The van der Waals surface area contributed by atoms with E-state index in [-0.39, 0.29) is 24.4 Å². The van der Waals surface area contributed by atoms with Crippen LogP contribution in [0.2, 0.25) is 0 Å². The molecule has 26 heavy (non-hydrogen) atoms. The normalized spacial score (nSPS) is 17.0. The van der Waals surface area contributed by atoms with E-state index in [9.17, 15) is 9.59 Å². The number of likely N-dealkylation sites (tertiary alicyclic amines) is 1. The summed E-state index contributed by atoms with van der Waals surface area (Å²) in [6.45, 7) is 3.41. The number of anilines is 1. The largest absolute Gasteiger partial charge is 0.467 e. The van der Waals surface area contributed by atoms with Crippen molar-refractivity contribution in [1.29, 1.82) is 0 Å². The number of nitrogens with one attached hydrogen (secondary N) is 2. The summed E-state index contributed by atoms with van der Waals surface area (Å²) in [4.78, 5) is 26.9. The minimum absolute atomic E-state index is 0.0722. The average molecular weight is 355 g/mol. The van der Waals surface area contributed by atoms with E-state index in [1.807, 2.05) is 29.2 Å². The monoisotopic (exact) mass is 355 g/mol. The van der Waals surface area contributed by atoms with Gasteiger partial charge in [-0.3, -0.25) is 9.59 Å². The molecular weight excluding hydrogens is 330 g/mol. The molecule has 0 bridgehead atoms. The molecular formula is C20H25N3O3. The summed E-state index contributed by atoms with van der Waals surface area (Å²) in [5.74, 6) is 0.560. The fraction of sp³-hybridized carbons (Fsp3) is 0.400. The Bertz CT molecular complexity index is 743. The third-order valence-corrected chi connectivity index (χ3v) is 4.73. The Labute approximate surface area is 153 Å². The zero-order valence-electron chi connectivity index (χ0n) is 15.0. The zero-order valence-corrected chi connectivity index (χ0v) is 15.0. The van der Waals surface area contributed by atoms with Crippen LogP contribution in [-0.4, -0.2) is 35.8 Å². The first kappa shape index (κ1) is 18.0. The van der Waals surface area contributed by atoms with Gasteiger partial charge in [-0.15, -0.1) is 0 Å². The van der Waals surface area contributed by atoms with Gasteiger partial charge in [0.2, 0.25) is 5.91 Å². The van der Waals surface area contributed by atoms with Crippen LogP contribution in [0.3, 0.4) is 0 Å². The van der Waals surface area contributed by atoms with E-state index in [4.69, 9.17) is 4.42 Å². The summed E-state index contributed by atoms with van der Waals surface area (Å²) in [7, 11) is 0. The maximum Gasteiger partial charge on any atom is 0.253 e. The van der Waals surface area contributed by atoms with Crippen molar-refractivity contribution in [2.75, 3.05) is 18.4 Å². The number of rotatable bonds is 6. The summed E-state index contributed by atoms with van der Waals surface area (Å²) < 4.78 is 5.23. The highest BCUT2D eigenvalue weighted by Crippen LogP contribution is 2.18. The van der Waals surface area contributed by atoms with Crippen molar-refractivity contribution in [3.05, 3.63) is 54.0 Å². The van der Waals surface area contributed by atoms with Crippen LogP contribution in [0.25, 0.3) is 0 Å². The number of para-hydroxylation sites is 1. The number of hydrogen-bond acceptors (Lipinski definition) is 4. The molecule has 1 aromatic heterocycles. The summed E-state index contributed by atoms with van der Waals surface area (Å²) >= 11 is 0. The van der Waals surface area contributed by atoms with Crippen LogP contribution >= 0.6 is 0 Å². The molecule has 0 radical (unpaired) electrons. The Hall–Kier alpha value is -2.76. The van der Waals surface area contributed by atoms with Crippen LogP contribution in [0, 0.1) is 0 Å². The van der Waals surface area contributed by atoms with Gasteiger partial charge in [0, 0.05) is 18.3 Å². The fourth-order valence-corrected chi connectivity index (χ4v) is 3.25. The van der Waals surface area contributed by atoms with E-state index < -0.39 is 0 Å². The van der Waals surface area contributed by atoms with Crippen LogP contribution in [0.15, 0.2) is 47.1 Å². The third kappa shape index (κ3) is 4.45. The molecule has 1 unspecified atom stereocenters. The van der Waals surface area contributed by atoms with Gasteiger partial charge >= 0.3 is 0 Å². The lowest BCUT2D eigenvalue weighted by Crippen LogP contribution is -2.44. The van der Waals surface area contributed by atoms with Crippen molar-refractivity contribution in [3.63, 3.8) is 0 Å². The van der Waals surface area contributed by atoms with E-state index in [0.29, 0.717) is 23.6 Å². The second-order valence-corrected chi connectivity index (χ2v) is 6.59. The molecule has 0 aliphatic carbocycles. The van der Waals surface area contributed by atoms with Crippen molar-refractivity contribution in [3.8, 4) is 0 Å². The molecule has 6 nitrogen and oxygen atoms in total. The standard InChI is InChI=1S/C20H25N3O3/c1-15-7-4-5-11-23(15)19(24)14-21-18-10-3-2-9-17(18)20(25)22-13-16-8-6-12-26-16/h2-3,6,8-10,12,15,21H,4-5,7,11,13-14H2,1H3,(H,22,25). The molecule has 6 heteroatoms. The first-order valence-corrected chi connectivity index (χ1v) is 9.08. The highest BCUT2D eigenvalue weighted by Gasteiger charge is 2.23. The summed E-state index contributed by atoms with van der Waals surface area (Å²) in [5.41, 5.74) is 1.17. The van der Waals surface area contributed by atoms with Crippen molar-refractivity contribution >= 4 is 17.5 Å². The molecule has 0 spiro atoms. The fourth-order valence-electron chi connectivity index (χ4n) is 3.25. The van der Waals surface area contributed by atoms with Crippen molar-refractivity contribution < 1.29 is 14.0 Å². The van der Waals surface area contributed by atoms with Crippen LogP contribution in [0.1, 0.15) is 42.3 Å². The number of carbonyl (C=O) groups is 2. The minimum atomic E-state index is -0.205. The second-order valence-electron chi connectivity index (χ2n) is 6.59. The Morgan fingerprint density at radius 1 is 1.19 bits per heavy atom. The topological polar surface area (TPSA) is 74.6 Å². The molecule has 2 heterocycles. The van der Waals surface area contributed by atoms with Crippen molar-refractivity contribution in [1.82, 2.24) is 10.2 Å². The van der Waals surface area contributed by atoms with Gasteiger partial charge in [-0.1, -0.05) is 12.1 Å². The van der Waals surface area contributed by atoms with Crippen LogP contribution in [0.4, 0.5) is 5.69 Å². The predicted molar refractivity (Wildman–Crippen MR) is 99.8 cm³/mol. The molecule has 1 saturated heterocycles. The predicted octanol–water partition coefficient (Wildman–Crippen LogP) is 3.02. The van der Waals surface area contributed by atoms with Gasteiger partial charge in [0.25, 0.3) is 5.91 Å². The number of amides is 2. The first-order valence-electron chi connectivity index (χ1n) is 9.08. The number of benzene rings is 1. The Morgan fingerprint density at radius 2 is 2.04 bits per heavy atom. The number of furan rings is 1. The number of nitrogens with zero attached hydrogens (tertiary/aromatic N) is 1. The van der Waals surface area contributed by atoms with Gasteiger partial charge in [0.15, 0.2) is 0 Å².